The molecule has 0 aliphatic carbocycles. The predicted octanol–water partition coefficient (Wildman–Crippen LogP) is 7.80. The van der Waals surface area contributed by atoms with Crippen LogP contribution >= 0.6 is 0 Å². The number of unbranched alkanes of at least 4 members (excludes halogenated alkanes) is 13. The minimum Gasteiger partial charge on any atom is -0.481 e. The Balaban J connectivity index is 0. The van der Waals surface area contributed by atoms with Crippen LogP contribution in [0, 0.1) is 5.92 Å². The first-order chi connectivity index (χ1) is 14.9. The lowest BCUT2D eigenvalue weighted by molar-refractivity contribution is -0.146. The fraction of sp³-hybridized carbons (Fsp3) is 0.885. The Morgan fingerprint density at radius 2 is 0.935 bits per heavy atom. The molecule has 31 heavy (non-hydrogen) atoms. The zero-order chi connectivity index (χ0) is 23.7. The highest BCUT2D eigenvalue weighted by atomic mass is 16.4. The Labute approximate surface area is 191 Å². The van der Waals surface area contributed by atoms with Gasteiger partial charge in [0.15, 0.2) is 0 Å². The van der Waals surface area contributed by atoms with Crippen LogP contribution in [0.2, 0.25) is 0 Å². The van der Waals surface area contributed by atoms with Crippen molar-refractivity contribution in [2.75, 3.05) is 0 Å². The fourth-order valence-corrected chi connectivity index (χ4v) is 3.51. The molecule has 1 atom stereocenters. The topological polar surface area (TPSA) is 91.7 Å². The van der Waals surface area contributed by atoms with E-state index in [1.807, 2.05) is 0 Å². The first-order valence-corrected chi connectivity index (χ1v) is 12.9. The van der Waals surface area contributed by atoms with Gasteiger partial charge in [-0.2, -0.15) is 0 Å². The number of hydrogen-bond acceptors (Lipinski definition) is 3. The fourth-order valence-electron chi connectivity index (χ4n) is 3.51. The van der Waals surface area contributed by atoms with Gasteiger partial charge in [-0.05, 0) is 19.3 Å². The van der Waals surface area contributed by atoms with Crippen molar-refractivity contribution in [3.05, 3.63) is 0 Å². The molecular formula is C26H50O5. The molecule has 0 rings (SSSR count). The minimum absolute atomic E-state index is 0.0690. The normalized spacial score (nSPS) is 11.5. The van der Waals surface area contributed by atoms with Crippen LogP contribution in [0.5, 0.6) is 0 Å². The number of carboxylic acid groups (broad SMARTS) is 2. The number of hydrogen-bond donors (Lipinski definition) is 2. The number of carbonyl (C=O) groups is 3. The van der Waals surface area contributed by atoms with Crippen molar-refractivity contribution >= 4 is 17.7 Å². The maximum Gasteiger partial charge on any atom is 0.314 e. The van der Waals surface area contributed by atoms with Gasteiger partial charge in [0.05, 0.1) is 0 Å². The van der Waals surface area contributed by atoms with Crippen LogP contribution < -0.4 is 0 Å². The summed E-state index contributed by atoms with van der Waals surface area (Å²) in [5.74, 6) is -2.43. The molecule has 0 spiro atoms. The number of aliphatic carboxylic acids is 2. The van der Waals surface area contributed by atoms with Gasteiger partial charge in [0, 0.05) is 12.8 Å². The van der Waals surface area contributed by atoms with E-state index in [4.69, 9.17) is 10.2 Å². The molecule has 0 aliphatic rings. The van der Waals surface area contributed by atoms with E-state index in [9.17, 15) is 14.4 Å². The number of rotatable bonds is 21. The summed E-state index contributed by atoms with van der Waals surface area (Å²) >= 11 is 0. The summed E-state index contributed by atoms with van der Waals surface area (Å²) in [6.07, 6.45) is 19.2. The lowest BCUT2D eigenvalue weighted by Crippen LogP contribution is -2.23. The molecule has 0 aliphatic heterocycles. The van der Waals surface area contributed by atoms with Crippen molar-refractivity contribution < 1.29 is 24.6 Å². The Morgan fingerprint density at radius 1 is 0.548 bits per heavy atom. The highest BCUT2D eigenvalue weighted by Gasteiger charge is 2.24. The molecule has 184 valence electrons. The molecule has 0 bridgehead atoms. The molecule has 0 heterocycles. The van der Waals surface area contributed by atoms with Gasteiger partial charge in [0.1, 0.15) is 11.7 Å². The summed E-state index contributed by atoms with van der Waals surface area (Å²) in [6.45, 7) is 6.47. The molecule has 0 amide bonds. The summed E-state index contributed by atoms with van der Waals surface area (Å²) in [5, 5.41) is 17.5. The second kappa shape index (κ2) is 24.9. The minimum atomic E-state index is -0.935. The van der Waals surface area contributed by atoms with Gasteiger partial charge < -0.3 is 10.2 Å². The van der Waals surface area contributed by atoms with Gasteiger partial charge in [-0.15, -0.1) is 0 Å². The number of carboxylic acids is 2. The van der Waals surface area contributed by atoms with E-state index in [1.54, 1.807) is 0 Å². The average Bonchev–Trinajstić information content (AvgIpc) is 2.73. The van der Waals surface area contributed by atoms with E-state index in [1.165, 1.54) is 44.9 Å². The van der Waals surface area contributed by atoms with Crippen LogP contribution in [0.1, 0.15) is 143 Å². The molecule has 1 unspecified atom stereocenters. The van der Waals surface area contributed by atoms with Crippen molar-refractivity contribution in [2.24, 2.45) is 5.92 Å². The zero-order valence-electron chi connectivity index (χ0n) is 20.6. The summed E-state index contributed by atoms with van der Waals surface area (Å²) in [6, 6.07) is 0. The molecular weight excluding hydrogens is 392 g/mol. The van der Waals surface area contributed by atoms with Crippen LogP contribution in [0.4, 0.5) is 0 Å². The summed E-state index contributed by atoms with van der Waals surface area (Å²) in [7, 11) is 0. The van der Waals surface area contributed by atoms with Crippen LogP contribution in [0.15, 0.2) is 0 Å². The second-order valence-electron chi connectivity index (χ2n) is 8.64. The third-order valence-corrected chi connectivity index (χ3v) is 5.55. The quantitative estimate of drug-likeness (QED) is 0.140. The second-order valence-corrected chi connectivity index (χ2v) is 8.64. The van der Waals surface area contributed by atoms with Crippen LogP contribution in [-0.2, 0) is 14.4 Å². The SMILES string of the molecule is CCCCCCCC(=O)C(CCCCCC)C(=O)O.CCCCCCCCCC(=O)O. The van der Waals surface area contributed by atoms with E-state index in [0.717, 1.165) is 57.8 Å². The number of ketones is 1. The van der Waals surface area contributed by atoms with E-state index in [-0.39, 0.29) is 5.78 Å². The third kappa shape index (κ3) is 24.7. The van der Waals surface area contributed by atoms with Gasteiger partial charge >= 0.3 is 11.9 Å². The van der Waals surface area contributed by atoms with Crippen LogP contribution in [-0.4, -0.2) is 27.9 Å². The van der Waals surface area contributed by atoms with Gasteiger partial charge in [0.2, 0.25) is 0 Å². The van der Waals surface area contributed by atoms with Crippen molar-refractivity contribution in [3.8, 4) is 0 Å². The molecule has 0 aromatic heterocycles. The lowest BCUT2D eigenvalue weighted by Gasteiger charge is -2.11. The molecule has 0 fully saturated rings. The van der Waals surface area contributed by atoms with Gasteiger partial charge in [-0.25, -0.2) is 0 Å². The Hall–Kier alpha value is -1.39. The number of carbonyl (C=O) groups excluding carboxylic acids is 1. The van der Waals surface area contributed by atoms with Crippen molar-refractivity contribution in [1.82, 2.24) is 0 Å². The van der Waals surface area contributed by atoms with Gasteiger partial charge in [-0.3, -0.25) is 14.4 Å². The van der Waals surface area contributed by atoms with E-state index in [2.05, 4.69) is 20.8 Å². The summed E-state index contributed by atoms with van der Waals surface area (Å²) in [5.41, 5.74) is 0. The molecule has 0 aromatic carbocycles. The Morgan fingerprint density at radius 3 is 1.35 bits per heavy atom. The van der Waals surface area contributed by atoms with E-state index >= 15 is 0 Å². The molecule has 5 nitrogen and oxygen atoms in total. The molecule has 0 saturated heterocycles. The summed E-state index contributed by atoms with van der Waals surface area (Å²) < 4.78 is 0. The number of Topliss-reactive ketones (excluding diaryl/α,β-unsaturated/α-hetero) is 1. The highest BCUT2D eigenvalue weighted by Crippen LogP contribution is 2.16. The highest BCUT2D eigenvalue weighted by molar-refractivity contribution is 5.98. The molecule has 0 radical (unpaired) electrons. The smallest absolute Gasteiger partial charge is 0.314 e. The average molecular weight is 443 g/mol. The maximum absolute atomic E-state index is 11.9. The van der Waals surface area contributed by atoms with Crippen molar-refractivity contribution in [1.29, 1.82) is 0 Å². The predicted molar refractivity (Wildman–Crippen MR) is 129 cm³/mol. The Bertz CT molecular complexity index is 434. The largest absolute Gasteiger partial charge is 0.481 e. The van der Waals surface area contributed by atoms with Crippen molar-refractivity contribution in [2.45, 2.75) is 143 Å². The van der Waals surface area contributed by atoms with Crippen LogP contribution in [0.25, 0.3) is 0 Å². The third-order valence-electron chi connectivity index (χ3n) is 5.55. The molecule has 0 saturated carbocycles. The van der Waals surface area contributed by atoms with E-state index in [0.29, 0.717) is 19.3 Å². The summed E-state index contributed by atoms with van der Waals surface area (Å²) in [4.78, 5) is 33.2. The first kappa shape index (κ1) is 31.8. The molecule has 5 heteroatoms. The molecule has 0 aromatic rings. The molecule has 2 N–H and O–H groups in total. The van der Waals surface area contributed by atoms with Gasteiger partial charge in [0.25, 0.3) is 0 Å². The van der Waals surface area contributed by atoms with Crippen molar-refractivity contribution in [3.63, 3.8) is 0 Å². The Kier molecular flexibility index (Phi) is 25.5. The standard InChI is InChI=1S/C16H30O3.C10H20O2/c1-3-5-7-9-11-13-15(17)14(16(18)19)12-10-8-6-4-2;1-2-3-4-5-6-7-8-9-10(11)12/h14H,3-13H2,1-2H3,(H,18,19);2-9H2,1H3,(H,11,12). The monoisotopic (exact) mass is 442 g/mol. The lowest BCUT2D eigenvalue weighted by atomic mass is 9.93. The maximum atomic E-state index is 11.9. The van der Waals surface area contributed by atoms with E-state index < -0.39 is 17.9 Å². The van der Waals surface area contributed by atoms with Gasteiger partial charge in [-0.1, -0.05) is 111 Å². The first-order valence-electron chi connectivity index (χ1n) is 12.9. The zero-order valence-corrected chi connectivity index (χ0v) is 20.6. The van der Waals surface area contributed by atoms with Crippen LogP contribution in [0.3, 0.4) is 0 Å².